The number of nitrogens with zero attached hydrogens (tertiary/aromatic N) is 4. The summed E-state index contributed by atoms with van der Waals surface area (Å²) in [5.74, 6) is 0.545. The molecule has 0 spiro atoms. The fraction of sp³-hybridized carbons (Fsp3) is 0.429. The van der Waals surface area contributed by atoms with Crippen LogP contribution in [0, 0.1) is 17.1 Å². The van der Waals surface area contributed by atoms with Crippen molar-refractivity contribution in [3.05, 3.63) is 70.4 Å². The second kappa shape index (κ2) is 8.47. The number of likely N-dealkylation sites (tertiary alicyclic amines) is 1. The van der Waals surface area contributed by atoms with Crippen LogP contribution >= 0.6 is 0 Å². The highest BCUT2D eigenvalue weighted by Crippen LogP contribution is 2.47. The monoisotopic (exact) mass is 471 g/mol. The summed E-state index contributed by atoms with van der Waals surface area (Å²) in [7, 11) is 0. The number of aromatic nitrogens is 1. The van der Waals surface area contributed by atoms with E-state index < -0.39 is 0 Å². The van der Waals surface area contributed by atoms with Gasteiger partial charge in [0, 0.05) is 48.8 Å². The first-order chi connectivity index (χ1) is 16.9. The molecule has 4 aliphatic heterocycles. The van der Waals surface area contributed by atoms with Gasteiger partial charge in [-0.15, -0.1) is 0 Å². The topological polar surface area (TPSA) is 64.4 Å². The maximum absolute atomic E-state index is 15.0. The highest BCUT2D eigenvalue weighted by atomic mass is 19.1. The standard InChI is InChI=1S/C28H30FN5O/c1-18-3-4-24-26-25(23(29)15-32-24)28(2,17-34(18)26)16-33-8-5-22(6-9-33)31-14-19-11-20-7-10-35-27(20)21(12-19)13-30/h3-4,11-12,15,22,31H,1,5-10,14,16-17H2,2H3. The molecule has 0 amide bonds. The summed E-state index contributed by atoms with van der Waals surface area (Å²) >= 11 is 0. The van der Waals surface area contributed by atoms with Crippen LogP contribution < -0.4 is 15.0 Å². The van der Waals surface area contributed by atoms with Gasteiger partial charge in [0.05, 0.1) is 29.7 Å². The number of nitriles is 1. The second-order valence-corrected chi connectivity index (χ2v) is 10.5. The molecule has 6 rings (SSSR count). The van der Waals surface area contributed by atoms with E-state index in [1.54, 1.807) is 0 Å². The molecule has 0 radical (unpaired) electrons. The number of hydrogen-bond acceptors (Lipinski definition) is 6. The minimum atomic E-state index is -0.313. The fourth-order valence-electron chi connectivity index (χ4n) is 6.22. The van der Waals surface area contributed by atoms with E-state index in [1.165, 1.54) is 6.20 Å². The summed E-state index contributed by atoms with van der Waals surface area (Å²) in [6.07, 6.45) is 8.24. The molecule has 5 heterocycles. The van der Waals surface area contributed by atoms with Gasteiger partial charge in [-0.1, -0.05) is 19.6 Å². The molecule has 1 aromatic heterocycles. The molecule has 180 valence electrons. The third-order valence-corrected chi connectivity index (χ3v) is 7.91. The SMILES string of the molecule is C=C1C=Cc2ncc(F)c3c2N1CC3(C)CN1CCC(NCc2cc(C#N)c3c(c2)CCO3)CC1. The van der Waals surface area contributed by atoms with Crippen molar-refractivity contribution in [3.63, 3.8) is 0 Å². The molecule has 1 aromatic carbocycles. The van der Waals surface area contributed by atoms with Gasteiger partial charge < -0.3 is 19.9 Å². The van der Waals surface area contributed by atoms with E-state index in [-0.39, 0.29) is 11.2 Å². The lowest BCUT2D eigenvalue weighted by Gasteiger charge is -2.38. The van der Waals surface area contributed by atoms with Gasteiger partial charge in [-0.25, -0.2) is 4.39 Å². The first kappa shape index (κ1) is 22.3. The Kier molecular flexibility index (Phi) is 5.39. The lowest BCUT2D eigenvalue weighted by molar-refractivity contribution is 0.164. The number of nitrogens with one attached hydrogen (secondary N) is 1. The van der Waals surface area contributed by atoms with Crippen molar-refractivity contribution in [1.82, 2.24) is 15.2 Å². The van der Waals surface area contributed by atoms with E-state index in [1.807, 2.05) is 18.2 Å². The summed E-state index contributed by atoms with van der Waals surface area (Å²) in [6.45, 7) is 11.2. The molecule has 4 aliphatic rings. The zero-order chi connectivity index (χ0) is 24.2. The summed E-state index contributed by atoms with van der Waals surface area (Å²) in [4.78, 5) is 8.91. The summed E-state index contributed by atoms with van der Waals surface area (Å²) in [6, 6.07) is 6.82. The number of hydrogen-bond donors (Lipinski definition) is 1. The van der Waals surface area contributed by atoms with Crippen LogP contribution in [-0.4, -0.2) is 48.7 Å². The zero-order valence-corrected chi connectivity index (χ0v) is 20.1. The van der Waals surface area contributed by atoms with Crippen molar-refractivity contribution in [2.24, 2.45) is 0 Å². The van der Waals surface area contributed by atoms with Crippen LogP contribution in [0.15, 0.2) is 36.7 Å². The van der Waals surface area contributed by atoms with Crippen LogP contribution in [0.3, 0.4) is 0 Å². The predicted molar refractivity (Wildman–Crippen MR) is 134 cm³/mol. The first-order valence-electron chi connectivity index (χ1n) is 12.4. The Hall–Kier alpha value is -3.21. The van der Waals surface area contributed by atoms with E-state index in [2.05, 4.69) is 45.7 Å². The number of allylic oxidation sites excluding steroid dienone is 1. The van der Waals surface area contributed by atoms with Crippen molar-refractivity contribution in [2.75, 3.05) is 37.7 Å². The summed E-state index contributed by atoms with van der Waals surface area (Å²) in [5, 5.41) is 13.2. The third-order valence-electron chi connectivity index (χ3n) is 7.91. The van der Waals surface area contributed by atoms with E-state index in [4.69, 9.17) is 4.74 Å². The van der Waals surface area contributed by atoms with Gasteiger partial charge in [0.25, 0.3) is 0 Å². The van der Waals surface area contributed by atoms with E-state index in [9.17, 15) is 5.26 Å². The molecule has 0 bridgehead atoms. The Morgan fingerprint density at radius 2 is 2.14 bits per heavy atom. The number of benzene rings is 1. The highest BCUT2D eigenvalue weighted by molar-refractivity contribution is 5.80. The molecule has 0 saturated carbocycles. The number of ether oxygens (including phenoxy) is 1. The fourth-order valence-corrected chi connectivity index (χ4v) is 6.22. The number of anilines is 1. The van der Waals surface area contributed by atoms with Crippen LogP contribution in [0.25, 0.3) is 6.08 Å². The van der Waals surface area contributed by atoms with Gasteiger partial charge in [0.15, 0.2) is 0 Å². The minimum Gasteiger partial charge on any atom is -0.492 e. The number of pyridine rings is 1. The maximum Gasteiger partial charge on any atom is 0.147 e. The first-order valence-corrected chi connectivity index (χ1v) is 12.4. The molecule has 1 N–H and O–H groups in total. The van der Waals surface area contributed by atoms with Crippen molar-refractivity contribution in [3.8, 4) is 11.8 Å². The lowest BCUT2D eigenvalue weighted by atomic mass is 9.83. The molecular formula is C28H30FN5O. The molecule has 1 fully saturated rings. The summed E-state index contributed by atoms with van der Waals surface area (Å²) in [5.41, 5.74) is 6.01. The number of fused-ring (bicyclic) bond motifs is 1. The Labute approximate surface area is 205 Å². The third kappa shape index (κ3) is 3.81. The van der Waals surface area contributed by atoms with E-state index in [0.29, 0.717) is 18.2 Å². The van der Waals surface area contributed by atoms with Gasteiger partial charge in [0.1, 0.15) is 17.6 Å². The average Bonchev–Trinajstić information content (AvgIpc) is 3.45. The lowest BCUT2D eigenvalue weighted by Crippen LogP contribution is -2.48. The Morgan fingerprint density at radius 3 is 2.94 bits per heavy atom. The van der Waals surface area contributed by atoms with Crippen LogP contribution in [0.4, 0.5) is 10.1 Å². The van der Waals surface area contributed by atoms with Crippen LogP contribution in [0.5, 0.6) is 5.75 Å². The molecule has 0 aliphatic carbocycles. The van der Waals surface area contributed by atoms with Crippen molar-refractivity contribution >= 4 is 11.8 Å². The van der Waals surface area contributed by atoms with Crippen molar-refractivity contribution in [1.29, 1.82) is 5.26 Å². The van der Waals surface area contributed by atoms with Gasteiger partial charge in [0.2, 0.25) is 0 Å². The van der Waals surface area contributed by atoms with Crippen LogP contribution in [0.2, 0.25) is 0 Å². The number of piperidine rings is 1. The van der Waals surface area contributed by atoms with Crippen LogP contribution in [0.1, 0.15) is 47.7 Å². The Morgan fingerprint density at radius 1 is 1.31 bits per heavy atom. The van der Waals surface area contributed by atoms with Gasteiger partial charge in [-0.3, -0.25) is 4.98 Å². The largest absolute Gasteiger partial charge is 0.492 e. The summed E-state index contributed by atoms with van der Waals surface area (Å²) < 4.78 is 20.7. The average molecular weight is 472 g/mol. The number of halogens is 1. The molecular weight excluding hydrogens is 441 g/mol. The number of rotatable bonds is 5. The molecule has 1 saturated heterocycles. The second-order valence-electron chi connectivity index (χ2n) is 10.5. The Bertz CT molecular complexity index is 1270. The Balaban J connectivity index is 1.09. The molecule has 2 aromatic rings. The van der Waals surface area contributed by atoms with E-state index >= 15 is 4.39 Å². The van der Waals surface area contributed by atoms with Crippen molar-refractivity contribution < 1.29 is 9.13 Å². The zero-order valence-electron chi connectivity index (χ0n) is 20.1. The molecule has 6 nitrogen and oxygen atoms in total. The molecule has 7 heteroatoms. The van der Waals surface area contributed by atoms with Gasteiger partial charge >= 0.3 is 0 Å². The van der Waals surface area contributed by atoms with E-state index in [0.717, 1.165) is 91.5 Å². The smallest absolute Gasteiger partial charge is 0.147 e. The van der Waals surface area contributed by atoms with Gasteiger partial charge in [-0.2, -0.15) is 5.26 Å². The quantitative estimate of drug-likeness (QED) is 0.714. The molecule has 35 heavy (non-hydrogen) atoms. The molecule has 1 atom stereocenters. The maximum atomic E-state index is 15.0. The highest BCUT2D eigenvalue weighted by Gasteiger charge is 2.45. The molecule has 1 unspecified atom stereocenters. The van der Waals surface area contributed by atoms with Crippen molar-refractivity contribution in [2.45, 2.75) is 44.2 Å². The predicted octanol–water partition coefficient (Wildman–Crippen LogP) is 3.90. The van der Waals surface area contributed by atoms with Gasteiger partial charge in [-0.05, 0) is 55.3 Å². The van der Waals surface area contributed by atoms with Crippen LogP contribution in [-0.2, 0) is 18.4 Å². The minimum absolute atomic E-state index is 0.218. The normalized spacial score (nSPS) is 23.2.